The monoisotopic (exact) mass is 345 g/mol. The van der Waals surface area contributed by atoms with E-state index in [4.69, 9.17) is 4.74 Å². The molecule has 0 aromatic heterocycles. The van der Waals surface area contributed by atoms with Gasteiger partial charge in [-0.15, -0.1) is 0 Å². The molecule has 0 radical (unpaired) electrons. The minimum Gasteiger partial charge on any atom is -0.487 e. The van der Waals surface area contributed by atoms with E-state index in [-0.39, 0.29) is 5.60 Å². The molecule has 0 bridgehead atoms. The molecule has 3 rings (SSSR count). The number of halogens is 1. The molecule has 110 valence electrons. The van der Waals surface area contributed by atoms with Gasteiger partial charge in [-0.1, -0.05) is 34.1 Å². The van der Waals surface area contributed by atoms with Crippen molar-refractivity contribution in [3.63, 3.8) is 0 Å². The first kappa shape index (κ1) is 14.5. The van der Waals surface area contributed by atoms with Crippen LogP contribution < -0.4 is 10.1 Å². The van der Waals surface area contributed by atoms with Gasteiger partial charge in [0.15, 0.2) is 0 Å². The van der Waals surface area contributed by atoms with Gasteiger partial charge in [0, 0.05) is 23.1 Å². The van der Waals surface area contributed by atoms with Gasteiger partial charge in [0.1, 0.15) is 11.4 Å². The van der Waals surface area contributed by atoms with Crippen molar-refractivity contribution in [3.05, 3.63) is 57.6 Å². The van der Waals surface area contributed by atoms with Crippen molar-refractivity contribution in [3.8, 4) is 5.75 Å². The fourth-order valence-corrected chi connectivity index (χ4v) is 3.14. The molecule has 2 nitrogen and oxygen atoms in total. The maximum absolute atomic E-state index is 5.92. The number of hydrogen-bond donors (Lipinski definition) is 1. The van der Waals surface area contributed by atoms with E-state index in [2.05, 4.69) is 78.4 Å². The predicted octanol–water partition coefficient (Wildman–Crippen LogP) is 5.08. The topological polar surface area (TPSA) is 21.3 Å². The Kier molecular flexibility index (Phi) is 3.70. The molecular formula is C18H20BrNO. The van der Waals surface area contributed by atoms with Crippen molar-refractivity contribution in [1.82, 2.24) is 0 Å². The van der Waals surface area contributed by atoms with Crippen LogP contribution in [0.5, 0.6) is 5.75 Å². The summed E-state index contributed by atoms with van der Waals surface area (Å²) in [7, 11) is 0. The van der Waals surface area contributed by atoms with Crippen molar-refractivity contribution < 1.29 is 4.74 Å². The Labute approximate surface area is 134 Å². The zero-order chi connectivity index (χ0) is 15.0. The maximum Gasteiger partial charge on any atom is 0.123 e. The molecule has 0 unspecified atom stereocenters. The standard InChI is InChI=1S/C18H20BrNO/c1-12-15(19)5-4-6-16(12)20-11-13-7-8-17-14(9-13)10-18(2,3)21-17/h4-9,20H,10-11H2,1-3H3. The first-order valence-electron chi connectivity index (χ1n) is 7.24. The second-order valence-corrected chi connectivity index (χ2v) is 7.10. The quantitative estimate of drug-likeness (QED) is 0.837. The van der Waals surface area contributed by atoms with E-state index in [0.717, 1.165) is 23.2 Å². The van der Waals surface area contributed by atoms with E-state index in [1.807, 2.05) is 0 Å². The van der Waals surface area contributed by atoms with Crippen LogP contribution in [0.3, 0.4) is 0 Å². The highest BCUT2D eigenvalue weighted by Crippen LogP contribution is 2.35. The highest BCUT2D eigenvalue weighted by atomic mass is 79.9. The van der Waals surface area contributed by atoms with E-state index in [0.29, 0.717) is 0 Å². The first-order valence-corrected chi connectivity index (χ1v) is 8.04. The molecule has 1 aliphatic heterocycles. The zero-order valence-corrected chi connectivity index (χ0v) is 14.3. The summed E-state index contributed by atoms with van der Waals surface area (Å²) >= 11 is 3.57. The van der Waals surface area contributed by atoms with Crippen LogP contribution in [-0.2, 0) is 13.0 Å². The van der Waals surface area contributed by atoms with Crippen LogP contribution in [0.25, 0.3) is 0 Å². The summed E-state index contributed by atoms with van der Waals surface area (Å²) in [6, 6.07) is 12.7. The SMILES string of the molecule is Cc1c(Br)cccc1NCc1ccc2c(c1)CC(C)(C)O2. The predicted molar refractivity (Wildman–Crippen MR) is 91.1 cm³/mol. The zero-order valence-electron chi connectivity index (χ0n) is 12.7. The number of fused-ring (bicyclic) bond motifs is 1. The van der Waals surface area contributed by atoms with E-state index >= 15 is 0 Å². The molecule has 0 amide bonds. The number of ether oxygens (including phenoxy) is 1. The fraction of sp³-hybridized carbons (Fsp3) is 0.333. The van der Waals surface area contributed by atoms with Crippen LogP contribution in [0.2, 0.25) is 0 Å². The van der Waals surface area contributed by atoms with Gasteiger partial charge in [-0.3, -0.25) is 0 Å². The number of hydrogen-bond acceptors (Lipinski definition) is 2. The molecular weight excluding hydrogens is 326 g/mol. The van der Waals surface area contributed by atoms with Crippen molar-refractivity contribution in [2.24, 2.45) is 0 Å². The molecule has 0 fully saturated rings. The lowest BCUT2D eigenvalue weighted by Gasteiger charge is -2.16. The minimum absolute atomic E-state index is 0.0741. The fourth-order valence-electron chi connectivity index (χ4n) is 2.77. The number of rotatable bonds is 3. The number of nitrogens with one attached hydrogen (secondary N) is 1. The van der Waals surface area contributed by atoms with Gasteiger partial charge in [0.05, 0.1) is 0 Å². The minimum atomic E-state index is -0.0741. The van der Waals surface area contributed by atoms with E-state index < -0.39 is 0 Å². The Morgan fingerprint density at radius 3 is 2.86 bits per heavy atom. The summed E-state index contributed by atoms with van der Waals surface area (Å²) in [5.74, 6) is 1.03. The van der Waals surface area contributed by atoms with Crippen LogP contribution in [-0.4, -0.2) is 5.60 Å². The van der Waals surface area contributed by atoms with Crippen molar-refractivity contribution in [2.45, 2.75) is 39.3 Å². The van der Waals surface area contributed by atoms with E-state index in [1.165, 1.54) is 22.4 Å². The summed E-state index contributed by atoms with van der Waals surface area (Å²) in [4.78, 5) is 0. The maximum atomic E-state index is 5.92. The highest BCUT2D eigenvalue weighted by Gasteiger charge is 2.29. The molecule has 1 N–H and O–H groups in total. The van der Waals surface area contributed by atoms with Gasteiger partial charge in [-0.05, 0) is 55.7 Å². The summed E-state index contributed by atoms with van der Waals surface area (Å²) in [5.41, 5.74) is 4.93. The normalized spacial score (nSPS) is 15.4. The summed E-state index contributed by atoms with van der Waals surface area (Å²) in [5, 5.41) is 3.51. The third-order valence-corrected chi connectivity index (χ3v) is 4.74. The van der Waals surface area contributed by atoms with Gasteiger partial charge >= 0.3 is 0 Å². The second kappa shape index (κ2) is 5.38. The van der Waals surface area contributed by atoms with Crippen LogP contribution in [0, 0.1) is 6.92 Å². The van der Waals surface area contributed by atoms with Crippen LogP contribution in [0.1, 0.15) is 30.5 Å². The van der Waals surface area contributed by atoms with Crippen LogP contribution >= 0.6 is 15.9 Å². The van der Waals surface area contributed by atoms with Crippen LogP contribution in [0.4, 0.5) is 5.69 Å². The van der Waals surface area contributed by atoms with E-state index in [1.54, 1.807) is 0 Å². The van der Waals surface area contributed by atoms with Crippen molar-refractivity contribution in [1.29, 1.82) is 0 Å². The lowest BCUT2D eigenvalue weighted by Crippen LogP contribution is -2.24. The lowest BCUT2D eigenvalue weighted by atomic mass is 10.0. The molecule has 0 spiro atoms. The molecule has 0 saturated heterocycles. The number of benzene rings is 2. The molecule has 1 heterocycles. The first-order chi connectivity index (χ1) is 9.94. The Morgan fingerprint density at radius 2 is 2.05 bits per heavy atom. The van der Waals surface area contributed by atoms with Gasteiger partial charge in [0.25, 0.3) is 0 Å². The van der Waals surface area contributed by atoms with Crippen LogP contribution in [0.15, 0.2) is 40.9 Å². The molecule has 21 heavy (non-hydrogen) atoms. The average molecular weight is 346 g/mol. The number of anilines is 1. The third kappa shape index (κ3) is 3.08. The van der Waals surface area contributed by atoms with Gasteiger partial charge in [-0.2, -0.15) is 0 Å². The highest BCUT2D eigenvalue weighted by molar-refractivity contribution is 9.10. The smallest absolute Gasteiger partial charge is 0.123 e. The van der Waals surface area contributed by atoms with Gasteiger partial charge in [0.2, 0.25) is 0 Å². The van der Waals surface area contributed by atoms with Crippen molar-refractivity contribution >= 4 is 21.6 Å². The molecule has 0 aliphatic carbocycles. The lowest BCUT2D eigenvalue weighted by molar-refractivity contribution is 0.138. The third-order valence-electron chi connectivity index (χ3n) is 3.88. The molecule has 0 atom stereocenters. The Hall–Kier alpha value is -1.48. The Balaban J connectivity index is 1.74. The van der Waals surface area contributed by atoms with Gasteiger partial charge < -0.3 is 10.1 Å². The summed E-state index contributed by atoms with van der Waals surface area (Å²) in [6.45, 7) is 7.21. The van der Waals surface area contributed by atoms with Gasteiger partial charge in [-0.25, -0.2) is 0 Å². The second-order valence-electron chi connectivity index (χ2n) is 6.25. The molecule has 2 aromatic rings. The molecule has 1 aliphatic rings. The Bertz CT molecular complexity index is 679. The molecule has 3 heteroatoms. The van der Waals surface area contributed by atoms with E-state index in [9.17, 15) is 0 Å². The largest absolute Gasteiger partial charge is 0.487 e. The summed E-state index contributed by atoms with van der Waals surface area (Å²) < 4.78 is 7.06. The summed E-state index contributed by atoms with van der Waals surface area (Å²) in [6.07, 6.45) is 0.978. The average Bonchev–Trinajstić information content (AvgIpc) is 2.73. The molecule has 0 saturated carbocycles. The van der Waals surface area contributed by atoms with Crippen molar-refractivity contribution in [2.75, 3.05) is 5.32 Å². The Morgan fingerprint density at radius 1 is 1.24 bits per heavy atom. The molecule has 2 aromatic carbocycles.